The Hall–Kier alpha value is -1.28. The Bertz CT molecular complexity index is 772. The van der Waals surface area contributed by atoms with Gasteiger partial charge < -0.3 is 20.1 Å². The van der Waals surface area contributed by atoms with Crippen molar-refractivity contribution in [3.8, 4) is 0 Å². The maximum atomic E-state index is 12.5. The third-order valence-electron chi connectivity index (χ3n) is 7.01. The van der Waals surface area contributed by atoms with Gasteiger partial charge in [-0.3, -0.25) is 13.8 Å². The molecule has 0 aromatic carbocycles. The normalized spacial score (nSPS) is 14.2. The summed E-state index contributed by atoms with van der Waals surface area (Å²) < 4.78 is 33.2. The predicted molar refractivity (Wildman–Crippen MR) is 183 cm³/mol. The largest absolute Gasteiger partial charge is 0.472 e. The van der Waals surface area contributed by atoms with E-state index in [4.69, 9.17) is 24.3 Å². The summed E-state index contributed by atoms with van der Waals surface area (Å²) >= 11 is 0. The number of carbonyl (C=O) groups excluding carboxylic acids is 1. The Kier molecular flexibility index (Phi) is 32.1. The van der Waals surface area contributed by atoms with Crippen molar-refractivity contribution < 1.29 is 32.8 Å². The van der Waals surface area contributed by atoms with Crippen molar-refractivity contribution in [2.75, 3.05) is 33.0 Å². The molecule has 0 aliphatic heterocycles. The van der Waals surface area contributed by atoms with Crippen LogP contribution in [-0.4, -0.2) is 49.9 Å². The molecule has 258 valence electrons. The fourth-order valence-electron chi connectivity index (χ4n) is 4.42. The molecule has 8 nitrogen and oxygen atoms in total. The lowest BCUT2D eigenvalue weighted by atomic mass is 10.1. The van der Waals surface area contributed by atoms with Crippen LogP contribution in [0.5, 0.6) is 0 Å². The van der Waals surface area contributed by atoms with E-state index < -0.39 is 13.9 Å². The third-order valence-corrected chi connectivity index (χ3v) is 7.99. The molecule has 2 unspecified atom stereocenters. The second kappa shape index (κ2) is 33.1. The number of carbonyl (C=O) groups is 1. The first-order valence-electron chi connectivity index (χ1n) is 17.5. The van der Waals surface area contributed by atoms with E-state index in [0.717, 1.165) is 70.6 Å². The van der Waals surface area contributed by atoms with Gasteiger partial charge in [0, 0.05) is 19.6 Å². The van der Waals surface area contributed by atoms with E-state index in [-0.39, 0.29) is 32.3 Å². The highest BCUT2D eigenvalue weighted by atomic mass is 31.2. The summed E-state index contributed by atoms with van der Waals surface area (Å²) in [5.74, 6) is -0.348. The number of phosphoric acid groups is 1. The van der Waals surface area contributed by atoms with Gasteiger partial charge in [0.15, 0.2) is 0 Å². The van der Waals surface area contributed by atoms with Crippen LogP contribution in [0.25, 0.3) is 0 Å². The molecule has 3 N–H and O–H groups in total. The molecule has 0 saturated carbocycles. The van der Waals surface area contributed by atoms with Crippen LogP contribution in [0, 0.1) is 0 Å². The number of nitrogens with two attached hydrogens (primary N) is 1. The van der Waals surface area contributed by atoms with Gasteiger partial charge in [-0.25, -0.2) is 4.57 Å². The molecule has 0 aliphatic carbocycles. The number of ether oxygens (including phenoxy) is 2. The van der Waals surface area contributed by atoms with Crippen molar-refractivity contribution in [2.24, 2.45) is 5.73 Å². The molecule has 9 heteroatoms. The van der Waals surface area contributed by atoms with Gasteiger partial charge >= 0.3 is 13.8 Å². The van der Waals surface area contributed by atoms with Gasteiger partial charge in [-0.15, -0.1) is 0 Å². The molecule has 0 heterocycles. The Morgan fingerprint density at radius 2 is 1.25 bits per heavy atom. The number of unbranched alkanes of at least 4 members (excludes halogenated alkanes) is 14. The highest BCUT2D eigenvalue weighted by Crippen LogP contribution is 2.43. The van der Waals surface area contributed by atoms with E-state index in [9.17, 15) is 14.3 Å². The molecule has 0 fully saturated rings. The maximum Gasteiger partial charge on any atom is 0.472 e. The van der Waals surface area contributed by atoms with Crippen molar-refractivity contribution in [1.29, 1.82) is 0 Å². The van der Waals surface area contributed by atoms with Crippen LogP contribution in [0.2, 0.25) is 0 Å². The number of esters is 1. The van der Waals surface area contributed by atoms with Gasteiger partial charge in [0.1, 0.15) is 6.10 Å². The molecular weight excluding hydrogens is 577 g/mol. The van der Waals surface area contributed by atoms with Crippen LogP contribution in [0.4, 0.5) is 0 Å². The molecule has 0 radical (unpaired) electrons. The number of allylic oxidation sites excluding steroid dienone is 6. The molecule has 0 saturated heterocycles. The van der Waals surface area contributed by atoms with Gasteiger partial charge in [-0.05, 0) is 57.8 Å². The van der Waals surface area contributed by atoms with Crippen LogP contribution in [-0.2, 0) is 27.9 Å². The number of rotatable bonds is 33. The molecule has 0 aliphatic rings. The lowest BCUT2D eigenvalue weighted by molar-refractivity contribution is -0.154. The molecule has 0 spiro atoms. The van der Waals surface area contributed by atoms with E-state index in [1.54, 1.807) is 0 Å². The van der Waals surface area contributed by atoms with Crippen molar-refractivity contribution >= 4 is 13.8 Å². The minimum Gasteiger partial charge on any atom is -0.457 e. The lowest BCUT2D eigenvalue weighted by Gasteiger charge is -2.20. The van der Waals surface area contributed by atoms with Gasteiger partial charge in [0.25, 0.3) is 0 Å². The number of hydrogen-bond donors (Lipinski definition) is 2. The smallest absolute Gasteiger partial charge is 0.457 e. The zero-order valence-corrected chi connectivity index (χ0v) is 29.0. The number of hydrogen-bond acceptors (Lipinski definition) is 7. The predicted octanol–water partition coefficient (Wildman–Crippen LogP) is 9.52. The van der Waals surface area contributed by atoms with Gasteiger partial charge in [-0.1, -0.05) is 115 Å². The second-order valence-electron chi connectivity index (χ2n) is 11.4. The quantitative estimate of drug-likeness (QED) is 0.0314. The first kappa shape index (κ1) is 42.7. The molecule has 0 rings (SSSR count). The van der Waals surface area contributed by atoms with E-state index >= 15 is 0 Å². The van der Waals surface area contributed by atoms with Crippen LogP contribution in [0.3, 0.4) is 0 Å². The lowest BCUT2D eigenvalue weighted by Crippen LogP contribution is -2.28. The van der Waals surface area contributed by atoms with Crippen molar-refractivity contribution in [3.63, 3.8) is 0 Å². The Balaban J connectivity index is 4.15. The molecule has 0 aromatic rings. The Morgan fingerprint density at radius 3 is 1.89 bits per heavy atom. The maximum absolute atomic E-state index is 12.5. The van der Waals surface area contributed by atoms with E-state index in [2.05, 4.69) is 50.3 Å². The van der Waals surface area contributed by atoms with E-state index in [1.807, 2.05) is 0 Å². The monoisotopic (exact) mass is 643 g/mol. The standard InChI is InChI=1S/C35H66NO7P/c1-3-5-7-9-11-13-15-16-17-19-21-23-25-27-30-40-32-34(33-42-44(38,39)41-31-29-36)43-35(37)28-26-24-22-20-18-14-12-10-8-6-4-2/h7,9-10,12-13,15,34H,3-6,8,11,14,16-33,36H2,1-2H3,(H,38,39)/b9-7-,12-10-,15-13-. The van der Waals surface area contributed by atoms with Gasteiger partial charge in [0.05, 0.1) is 19.8 Å². The minimum atomic E-state index is -4.27. The molecule has 2 atom stereocenters. The average Bonchev–Trinajstić information content (AvgIpc) is 3.01. The first-order valence-corrected chi connectivity index (χ1v) is 19.0. The summed E-state index contributed by atoms with van der Waals surface area (Å²) in [4.78, 5) is 22.3. The molecule has 0 bridgehead atoms. The number of phosphoric ester groups is 1. The molecule has 0 amide bonds. The first-order chi connectivity index (χ1) is 21.4. The van der Waals surface area contributed by atoms with Crippen LogP contribution in [0.1, 0.15) is 142 Å². The van der Waals surface area contributed by atoms with E-state index in [1.165, 1.54) is 51.4 Å². The third kappa shape index (κ3) is 32.1. The van der Waals surface area contributed by atoms with Crippen molar-refractivity contribution in [1.82, 2.24) is 0 Å². The minimum absolute atomic E-state index is 0.0964. The van der Waals surface area contributed by atoms with Crippen molar-refractivity contribution in [3.05, 3.63) is 36.5 Å². The fourth-order valence-corrected chi connectivity index (χ4v) is 5.19. The SMILES string of the molecule is CCC/C=C\C/C=C\CCCCCCCCOCC(COP(=O)(O)OCCN)OC(=O)CCCCCCC/C=C\CCCC. The fraction of sp³-hybridized carbons (Fsp3) is 0.800. The van der Waals surface area contributed by atoms with Gasteiger partial charge in [0.2, 0.25) is 0 Å². The van der Waals surface area contributed by atoms with Crippen LogP contribution < -0.4 is 5.73 Å². The average molecular weight is 644 g/mol. The molecular formula is C35H66NO7P. The Labute approximate surface area is 269 Å². The second-order valence-corrected chi connectivity index (χ2v) is 12.8. The zero-order chi connectivity index (χ0) is 32.4. The van der Waals surface area contributed by atoms with Crippen molar-refractivity contribution in [2.45, 2.75) is 148 Å². The van der Waals surface area contributed by atoms with Crippen LogP contribution >= 0.6 is 7.82 Å². The summed E-state index contributed by atoms with van der Waals surface area (Å²) in [6, 6.07) is 0. The highest BCUT2D eigenvalue weighted by molar-refractivity contribution is 7.47. The topological polar surface area (TPSA) is 117 Å². The Morgan fingerprint density at radius 1 is 0.682 bits per heavy atom. The molecule has 0 aromatic heterocycles. The highest BCUT2D eigenvalue weighted by Gasteiger charge is 2.25. The molecule has 44 heavy (non-hydrogen) atoms. The van der Waals surface area contributed by atoms with Crippen LogP contribution in [0.15, 0.2) is 36.5 Å². The zero-order valence-electron chi connectivity index (χ0n) is 28.1. The summed E-state index contributed by atoms with van der Waals surface area (Å²) in [5.41, 5.74) is 5.34. The van der Waals surface area contributed by atoms with E-state index in [0.29, 0.717) is 13.0 Å². The summed E-state index contributed by atoms with van der Waals surface area (Å²) in [6.45, 7) is 4.76. The summed E-state index contributed by atoms with van der Waals surface area (Å²) in [6.07, 6.45) is 34.4. The summed E-state index contributed by atoms with van der Waals surface area (Å²) in [7, 11) is -4.27. The summed E-state index contributed by atoms with van der Waals surface area (Å²) in [5, 5.41) is 0. The van der Waals surface area contributed by atoms with Gasteiger partial charge in [-0.2, -0.15) is 0 Å².